The van der Waals surface area contributed by atoms with Gasteiger partial charge < -0.3 is 45.3 Å². The Labute approximate surface area is 297 Å². The first-order valence-electron chi connectivity index (χ1n) is 17.4. The molecule has 2 heterocycles. The smallest absolute Gasteiger partial charge is 0.305 e. The Bertz CT molecular complexity index is 1610. The van der Waals surface area contributed by atoms with Gasteiger partial charge in [0.15, 0.2) is 0 Å². The van der Waals surface area contributed by atoms with Gasteiger partial charge in [0.2, 0.25) is 17.7 Å². The molecule has 2 aromatic carbocycles. The zero-order chi connectivity index (χ0) is 36.6. The minimum Gasteiger partial charge on any atom is -0.481 e. The number of ether oxygens (including phenoxy) is 2. The summed E-state index contributed by atoms with van der Waals surface area (Å²) in [5.74, 6) is -1.11. The number of aromatic nitrogens is 2. The fourth-order valence-electron chi connectivity index (χ4n) is 5.73. The molecule has 4 rings (SSSR count). The van der Waals surface area contributed by atoms with Crippen LogP contribution in [0.25, 0.3) is 11.0 Å². The van der Waals surface area contributed by atoms with Crippen molar-refractivity contribution < 1.29 is 38.6 Å². The number of aromatic amines is 1. The van der Waals surface area contributed by atoms with Gasteiger partial charge in [0.05, 0.1) is 50.4 Å². The number of hydrogen-bond acceptors (Lipinski definition) is 9. The number of rotatable bonds is 21. The van der Waals surface area contributed by atoms with Gasteiger partial charge >= 0.3 is 5.97 Å². The van der Waals surface area contributed by atoms with Crippen LogP contribution in [0.3, 0.4) is 0 Å². The maximum Gasteiger partial charge on any atom is 0.305 e. The number of hydrogen-bond donors (Lipinski definition) is 5. The molecule has 1 aliphatic heterocycles. The van der Waals surface area contributed by atoms with Crippen LogP contribution in [0.5, 0.6) is 0 Å². The highest BCUT2D eigenvalue weighted by atomic mass is 16.5. The van der Waals surface area contributed by atoms with Gasteiger partial charge in [-0.2, -0.15) is 0 Å². The summed E-state index contributed by atoms with van der Waals surface area (Å²) in [6.45, 7) is 4.84. The van der Waals surface area contributed by atoms with Crippen molar-refractivity contribution in [1.29, 1.82) is 0 Å². The van der Waals surface area contributed by atoms with Crippen LogP contribution in [0, 0.1) is 0 Å². The number of unbranched alkanes of at least 4 members (excludes halogenated alkanes) is 3. The lowest BCUT2D eigenvalue weighted by Gasteiger charge is -2.24. The quantitative estimate of drug-likeness (QED) is 0.103. The molecule has 0 fully saturated rings. The molecule has 4 amide bonds. The van der Waals surface area contributed by atoms with Crippen molar-refractivity contribution >= 4 is 46.3 Å². The minimum absolute atomic E-state index is 0.0917. The summed E-state index contributed by atoms with van der Waals surface area (Å²) in [5, 5.41) is 18.1. The van der Waals surface area contributed by atoms with Gasteiger partial charge in [-0.05, 0) is 48.7 Å². The number of anilines is 1. The number of carbonyl (C=O) groups is 5. The van der Waals surface area contributed by atoms with Crippen molar-refractivity contribution in [2.75, 3.05) is 58.4 Å². The molecule has 51 heavy (non-hydrogen) atoms. The second-order valence-corrected chi connectivity index (χ2v) is 12.5. The second kappa shape index (κ2) is 20.0. The molecule has 1 aromatic heterocycles. The van der Waals surface area contributed by atoms with Crippen LogP contribution < -0.4 is 16.0 Å². The van der Waals surface area contributed by atoms with E-state index in [0.29, 0.717) is 69.6 Å². The van der Waals surface area contributed by atoms with Gasteiger partial charge in [0, 0.05) is 57.8 Å². The fourth-order valence-corrected chi connectivity index (χ4v) is 5.73. The molecule has 0 spiro atoms. The van der Waals surface area contributed by atoms with Crippen LogP contribution in [0.4, 0.5) is 5.69 Å². The second-order valence-electron chi connectivity index (χ2n) is 12.5. The maximum atomic E-state index is 13.4. The van der Waals surface area contributed by atoms with E-state index in [1.54, 1.807) is 35.0 Å². The highest BCUT2D eigenvalue weighted by Crippen LogP contribution is 2.27. The summed E-state index contributed by atoms with van der Waals surface area (Å²) in [6.07, 6.45) is 3.03. The summed E-state index contributed by atoms with van der Waals surface area (Å²) in [4.78, 5) is 72.4. The van der Waals surface area contributed by atoms with Gasteiger partial charge in [-0.3, -0.25) is 24.0 Å². The van der Waals surface area contributed by atoms with E-state index in [0.717, 1.165) is 35.9 Å². The highest BCUT2D eigenvalue weighted by Gasteiger charge is 2.31. The fraction of sp³-hybridized carbons (Fsp3) is 0.500. The van der Waals surface area contributed by atoms with Gasteiger partial charge in [-0.25, -0.2) is 4.98 Å². The van der Waals surface area contributed by atoms with Gasteiger partial charge in [-0.15, -0.1) is 0 Å². The van der Waals surface area contributed by atoms with E-state index in [-0.39, 0.29) is 49.6 Å². The number of aliphatic carboxylic acids is 1. The van der Waals surface area contributed by atoms with E-state index < -0.39 is 12.0 Å². The number of para-hydroxylation sites is 2. The number of imidazole rings is 1. The Balaban J connectivity index is 1.20. The topological polar surface area (TPSA) is 195 Å². The van der Waals surface area contributed by atoms with Crippen molar-refractivity contribution in [1.82, 2.24) is 30.4 Å². The zero-order valence-corrected chi connectivity index (χ0v) is 29.4. The molecule has 5 N–H and O–H groups in total. The third-order valence-electron chi connectivity index (χ3n) is 8.35. The van der Waals surface area contributed by atoms with Crippen molar-refractivity contribution in [3.63, 3.8) is 0 Å². The lowest BCUT2D eigenvalue weighted by molar-refractivity contribution is -0.141. The van der Waals surface area contributed by atoms with Gasteiger partial charge in [-0.1, -0.05) is 25.0 Å². The van der Waals surface area contributed by atoms with Crippen LogP contribution in [-0.4, -0.2) is 114 Å². The molecule has 0 saturated carbocycles. The number of carbonyl (C=O) groups excluding carboxylic acids is 4. The Kier molecular flexibility index (Phi) is 15.2. The van der Waals surface area contributed by atoms with Crippen molar-refractivity contribution in [2.45, 2.75) is 64.6 Å². The SMILES string of the molecule is CC(=O)NCCOCCOCCC(=O)NCCCCCCN1Cc2cc(C(=O)N(C)Cc3nc4ccccc4[nH]3)ccc2N[C@@H](CC(=O)O)C1=O. The third-order valence-corrected chi connectivity index (χ3v) is 8.35. The van der Waals surface area contributed by atoms with E-state index in [2.05, 4.69) is 25.9 Å². The standard InChI is InChI=1S/C36H49N7O8/c1-25(44)37-15-18-51-20-19-50-17-13-33(45)38-14-7-3-4-8-16-43-23-27-21-26(11-12-28(27)39-31(36(43)49)22-34(46)47)35(48)42(2)24-32-40-29-9-5-6-10-30(29)41-32/h5-6,9-12,21,31,39H,3-4,7-8,13-20,22-24H2,1-2H3,(H,37,44)(H,38,45)(H,40,41)(H,46,47)/t31-/m0/s1. The summed E-state index contributed by atoms with van der Waals surface area (Å²) in [5.41, 5.74) is 3.54. The van der Waals surface area contributed by atoms with Crippen LogP contribution >= 0.6 is 0 Å². The van der Waals surface area contributed by atoms with Crippen LogP contribution in [0.15, 0.2) is 42.5 Å². The number of benzene rings is 2. The lowest BCUT2D eigenvalue weighted by atomic mass is 10.1. The summed E-state index contributed by atoms with van der Waals surface area (Å²) < 4.78 is 10.7. The molecule has 0 unspecified atom stereocenters. The van der Waals surface area contributed by atoms with Gasteiger partial charge in [0.25, 0.3) is 5.91 Å². The first-order chi connectivity index (χ1) is 24.6. The molecule has 0 aliphatic carbocycles. The van der Waals surface area contributed by atoms with Crippen molar-refractivity contribution in [3.8, 4) is 0 Å². The van der Waals surface area contributed by atoms with Crippen LogP contribution in [0.1, 0.15) is 67.2 Å². The van der Waals surface area contributed by atoms with Crippen LogP contribution in [-0.2, 0) is 41.7 Å². The molecule has 276 valence electrons. The molecule has 0 saturated heterocycles. The normalized spacial score (nSPS) is 14.0. The Morgan fingerprint density at radius 1 is 0.980 bits per heavy atom. The lowest BCUT2D eigenvalue weighted by Crippen LogP contribution is -2.42. The number of carboxylic acids is 1. The Hall–Kier alpha value is -5.02. The maximum absolute atomic E-state index is 13.4. The molecule has 15 nitrogen and oxygen atoms in total. The molecule has 3 aromatic rings. The third kappa shape index (κ3) is 12.7. The predicted molar refractivity (Wildman–Crippen MR) is 190 cm³/mol. The molecule has 1 atom stereocenters. The molecule has 0 bridgehead atoms. The van der Waals surface area contributed by atoms with Crippen molar-refractivity contribution in [2.24, 2.45) is 0 Å². The van der Waals surface area contributed by atoms with Crippen molar-refractivity contribution in [3.05, 3.63) is 59.4 Å². The van der Waals surface area contributed by atoms with E-state index in [4.69, 9.17) is 9.47 Å². The van der Waals surface area contributed by atoms with E-state index in [1.807, 2.05) is 24.3 Å². The number of carboxylic acid groups (broad SMARTS) is 1. The molecular weight excluding hydrogens is 658 g/mol. The average molecular weight is 708 g/mol. The van der Waals surface area contributed by atoms with E-state index >= 15 is 0 Å². The summed E-state index contributed by atoms with van der Waals surface area (Å²) >= 11 is 0. The summed E-state index contributed by atoms with van der Waals surface area (Å²) in [7, 11) is 1.71. The zero-order valence-electron chi connectivity index (χ0n) is 29.4. The number of nitrogens with one attached hydrogen (secondary N) is 4. The number of fused-ring (bicyclic) bond motifs is 2. The number of nitrogens with zero attached hydrogens (tertiary/aromatic N) is 3. The summed E-state index contributed by atoms with van der Waals surface area (Å²) in [6, 6.07) is 11.9. The average Bonchev–Trinajstić information content (AvgIpc) is 3.46. The van der Waals surface area contributed by atoms with Gasteiger partial charge in [0.1, 0.15) is 11.9 Å². The Morgan fingerprint density at radius 2 is 1.75 bits per heavy atom. The molecule has 0 radical (unpaired) electrons. The number of H-pyrrole nitrogens is 1. The van der Waals surface area contributed by atoms with Crippen LogP contribution in [0.2, 0.25) is 0 Å². The highest BCUT2D eigenvalue weighted by molar-refractivity contribution is 5.95. The predicted octanol–water partition coefficient (Wildman–Crippen LogP) is 2.67. The molecule has 15 heteroatoms. The first kappa shape index (κ1) is 38.8. The van der Waals surface area contributed by atoms with E-state index in [9.17, 15) is 29.1 Å². The number of amides is 4. The largest absolute Gasteiger partial charge is 0.481 e. The monoisotopic (exact) mass is 707 g/mol. The Morgan fingerprint density at radius 3 is 2.51 bits per heavy atom. The molecular formula is C36H49N7O8. The van der Waals surface area contributed by atoms with E-state index in [1.165, 1.54) is 6.92 Å². The minimum atomic E-state index is -1.08. The first-order valence-corrected chi connectivity index (χ1v) is 17.4. The molecule has 1 aliphatic rings.